The Hall–Kier alpha value is -3.03. The van der Waals surface area contributed by atoms with Gasteiger partial charge in [-0.15, -0.1) is 0 Å². The molecule has 0 bridgehead atoms. The maximum atomic E-state index is 12.0. The first-order chi connectivity index (χ1) is 11.4. The summed E-state index contributed by atoms with van der Waals surface area (Å²) in [7, 11) is 0. The lowest BCUT2D eigenvalue weighted by Crippen LogP contribution is -2.43. The fourth-order valence-corrected chi connectivity index (χ4v) is 2.24. The molecule has 0 aliphatic carbocycles. The van der Waals surface area contributed by atoms with Crippen molar-refractivity contribution in [2.24, 2.45) is 0 Å². The number of hydrazine groups is 1. The quantitative estimate of drug-likeness (QED) is 0.635. The summed E-state index contributed by atoms with van der Waals surface area (Å²) >= 11 is 0. The Kier molecular flexibility index (Phi) is 5.41. The van der Waals surface area contributed by atoms with Crippen molar-refractivity contribution in [3.63, 3.8) is 0 Å². The van der Waals surface area contributed by atoms with Crippen LogP contribution in [-0.2, 0) is 16.1 Å². The SMILES string of the molecule is CCOC(=O)c1cc(C)n(CC(=O)NNC(=O)c2ccco2)c1C. The molecule has 0 aliphatic rings. The minimum atomic E-state index is -0.554. The summed E-state index contributed by atoms with van der Waals surface area (Å²) in [5.41, 5.74) is 6.34. The van der Waals surface area contributed by atoms with Crippen LogP contribution in [0.15, 0.2) is 28.9 Å². The lowest BCUT2D eigenvalue weighted by molar-refractivity contribution is -0.122. The number of carbonyl (C=O) groups is 3. The van der Waals surface area contributed by atoms with Gasteiger partial charge in [0.2, 0.25) is 0 Å². The van der Waals surface area contributed by atoms with E-state index in [4.69, 9.17) is 9.15 Å². The highest BCUT2D eigenvalue weighted by Gasteiger charge is 2.18. The smallest absolute Gasteiger partial charge is 0.339 e. The molecule has 0 saturated carbocycles. The first-order valence-corrected chi connectivity index (χ1v) is 7.40. The molecule has 0 radical (unpaired) electrons. The van der Waals surface area contributed by atoms with Gasteiger partial charge >= 0.3 is 11.9 Å². The molecule has 0 spiro atoms. The second kappa shape index (κ2) is 7.49. The summed E-state index contributed by atoms with van der Waals surface area (Å²) in [4.78, 5) is 35.5. The third-order valence-electron chi connectivity index (χ3n) is 3.43. The van der Waals surface area contributed by atoms with E-state index in [-0.39, 0.29) is 18.9 Å². The van der Waals surface area contributed by atoms with Crippen LogP contribution in [0.5, 0.6) is 0 Å². The average molecular weight is 333 g/mol. The molecule has 0 saturated heterocycles. The molecule has 0 unspecified atom stereocenters. The number of aromatic nitrogens is 1. The number of aryl methyl sites for hydroxylation is 1. The van der Waals surface area contributed by atoms with Gasteiger partial charge in [-0.2, -0.15) is 0 Å². The Morgan fingerprint density at radius 3 is 2.62 bits per heavy atom. The predicted molar refractivity (Wildman–Crippen MR) is 84.2 cm³/mol. The number of rotatable bonds is 5. The van der Waals surface area contributed by atoms with Crippen LogP contribution in [0.2, 0.25) is 0 Å². The van der Waals surface area contributed by atoms with E-state index in [1.807, 2.05) is 0 Å². The number of ether oxygens (including phenoxy) is 1. The maximum absolute atomic E-state index is 12.0. The zero-order valence-corrected chi connectivity index (χ0v) is 13.7. The second-order valence-electron chi connectivity index (χ2n) is 5.07. The Bertz CT molecular complexity index is 746. The fourth-order valence-electron chi connectivity index (χ4n) is 2.24. The average Bonchev–Trinajstić information content (AvgIpc) is 3.17. The van der Waals surface area contributed by atoms with Gasteiger partial charge in [-0.25, -0.2) is 4.79 Å². The minimum Gasteiger partial charge on any atom is -0.462 e. The van der Waals surface area contributed by atoms with Crippen LogP contribution in [0.1, 0.15) is 39.2 Å². The van der Waals surface area contributed by atoms with Crippen molar-refractivity contribution in [1.29, 1.82) is 0 Å². The summed E-state index contributed by atoms with van der Waals surface area (Å²) in [6.07, 6.45) is 1.36. The molecular weight excluding hydrogens is 314 g/mol. The van der Waals surface area contributed by atoms with Crippen molar-refractivity contribution in [1.82, 2.24) is 15.4 Å². The number of amides is 2. The Morgan fingerprint density at radius 2 is 2.00 bits per heavy atom. The van der Waals surface area contributed by atoms with Crippen LogP contribution < -0.4 is 10.9 Å². The zero-order chi connectivity index (χ0) is 17.7. The number of esters is 1. The highest BCUT2D eigenvalue weighted by atomic mass is 16.5. The summed E-state index contributed by atoms with van der Waals surface area (Å²) in [5.74, 6) is -1.33. The summed E-state index contributed by atoms with van der Waals surface area (Å²) in [6, 6.07) is 4.72. The van der Waals surface area contributed by atoms with Crippen molar-refractivity contribution < 1.29 is 23.5 Å². The van der Waals surface area contributed by atoms with E-state index in [2.05, 4.69) is 10.9 Å². The molecule has 8 heteroatoms. The molecule has 8 nitrogen and oxygen atoms in total. The first kappa shape index (κ1) is 17.3. The minimum absolute atomic E-state index is 0.0461. The third kappa shape index (κ3) is 3.83. The Labute approximate surface area is 138 Å². The van der Waals surface area contributed by atoms with Gasteiger partial charge in [0.25, 0.3) is 5.91 Å². The van der Waals surface area contributed by atoms with Crippen LogP contribution in [0.3, 0.4) is 0 Å². The van der Waals surface area contributed by atoms with Crippen molar-refractivity contribution in [3.05, 3.63) is 47.2 Å². The van der Waals surface area contributed by atoms with Crippen LogP contribution in [-0.4, -0.2) is 29.0 Å². The second-order valence-corrected chi connectivity index (χ2v) is 5.07. The standard InChI is InChI=1S/C16H19N3O5/c1-4-23-16(22)12-8-10(2)19(11(12)3)9-14(20)17-18-15(21)13-6-5-7-24-13/h5-8H,4,9H2,1-3H3,(H,17,20)(H,18,21). The van der Waals surface area contributed by atoms with Crippen LogP contribution in [0.4, 0.5) is 0 Å². The van der Waals surface area contributed by atoms with E-state index in [9.17, 15) is 14.4 Å². The number of carbonyl (C=O) groups excluding carboxylic acids is 3. The molecule has 128 valence electrons. The van der Waals surface area contributed by atoms with Gasteiger partial charge in [-0.3, -0.25) is 20.4 Å². The number of hydrogen-bond acceptors (Lipinski definition) is 5. The van der Waals surface area contributed by atoms with Gasteiger partial charge in [-0.05, 0) is 39.0 Å². The molecule has 24 heavy (non-hydrogen) atoms. The number of nitrogens with one attached hydrogen (secondary N) is 2. The monoisotopic (exact) mass is 333 g/mol. The lowest BCUT2D eigenvalue weighted by atomic mass is 10.2. The molecule has 2 amide bonds. The van der Waals surface area contributed by atoms with Gasteiger partial charge in [0.05, 0.1) is 18.4 Å². The van der Waals surface area contributed by atoms with E-state index in [0.29, 0.717) is 11.3 Å². The number of nitrogens with zero attached hydrogens (tertiary/aromatic N) is 1. The molecule has 2 aromatic rings. The van der Waals surface area contributed by atoms with Crippen LogP contribution in [0.25, 0.3) is 0 Å². The normalized spacial score (nSPS) is 10.3. The van der Waals surface area contributed by atoms with Gasteiger partial charge in [0.1, 0.15) is 6.54 Å². The molecular formula is C16H19N3O5. The lowest BCUT2D eigenvalue weighted by Gasteiger charge is -2.10. The van der Waals surface area contributed by atoms with Crippen molar-refractivity contribution >= 4 is 17.8 Å². The fraction of sp³-hybridized carbons (Fsp3) is 0.312. The summed E-state index contributed by atoms with van der Waals surface area (Å²) in [6.45, 7) is 5.47. The molecule has 0 aliphatic heterocycles. The molecule has 2 heterocycles. The largest absolute Gasteiger partial charge is 0.462 e. The molecule has 0 aromatic carbocycles. The van der Waals surface area contributed by atoms with E-state index >= 15 is 0 Å². The molecule has 2 rings (SSSR count). The van der Waals surface area contributed by atoms with Gasteiger partial charge in [0.15, 0.2) is 5.76 Å². The Balaban J connectivity index is 1.99. The number of furan rings is 1. The van der Waals surface area contributed by atoms with Gasteiger partial charge in [0, 0.05) is 11.4 Å². The zero-order valence-electron chi connectivity index (χ0n) is 13.7. The molecule has 0 atom stereocenters. The number of hydrogen-bond donors (Lipinski definition) is 2. The third-order valence-corrected chi connectivity index (χ3v) is 3.43. The van der Waals surface area contributed by atoms with Crippen molar-refractivity contribution in [3.8, 4) is 0 Å². The predicted octanol–water partition coefficient (Wildman–Crippen LogP) is 1.34. The molecule has 2 aromatic heterocycles. The van der Waals surface area contributed by atoms with Crippen molar-refractivity contribution in [2.45, 2.75) is 27.3 Å². The Morgan fingerprint density at radius 1 is 1.25 bits per heavy atom. The van der Waals surface area contributed by atoms with Crippen LogP contribution >= 0.6 is 0 Å². The van der Waals surface area contributed by atoms with E-state index in [1.54, 1.807) is 37.5 Å². The maximum Gasteiger partial charge on any atom is 0.339 e. The van der Waals surface area contributed by atoms with E-state index < -0.39 is 17.8 Å². The highest BCUT2D eigenvalue weighted by Crippen LogP contribution is 2.16. The molecule has 0 fully saturated rings. The van der Waals surface area contributed by atoms with E-state index in [1.165, 1.54) is 12.3 Å². The molecule has 2 N–H and O–H groups in total. The van der Waals surface area contributed by atoms with Gasteiger partial charge in [-0.1, -0.05) is 0 Å². The summed E-state index contributed by atoms with van der Waals surface area (Å²) in [5, 5.41) is 0. The van der Waals surface area contributed by atoms with Crippen molar-refractivity contribution in [2.75, 3.05) is 6.61 Å². The van der Waals surface area contributed by atoms with Gasteiger partial charge < -0.3 is 13.7 Å². The summed E-state index contributed by atoms with van der Waals surface area (Å²) < 4.78 is 11.6. The topological polar surface area (TPSA) is 103 Å². The van der Waals surface area contributed by atoms with Crippen LogP contribution in [0, 0.1) is 13.8 Å². The van der Waals surface area contributed by atoms with E-state index in [0.717, 1.165) is 5.69 Å². The first-order valence-electron chi connectivity index (χ1n) is 7.40. The highest BCUT2D eigenvalue weighted by molar-refractivity contribution is 5.93.